The van der Waals surface area contributed by atoms with Crippen LogP contribution in [0.25, 0.3) is 0 Å². The number of hydrogen-bond donors (Lipinski definition) is 1. The number of rotatable bonds is 2. The Balaban J connectivity index is 2.06. The summed E-state index contributed by atoms with van der Waals surface area (Å²) >= 11 is 7.37. The fourth-order valence-corrected chi connectivity index (χ4v) is 3.00. The van der Waals surface area contributed by atoms with E-state index in [1.807, 2.05) is 11.4 Å². The van der Waals surface area contributed by atoms with Crippen molar-refractivity contribution < 1.29 is 4.79 Å². The molecule has 0 aromatic carbocycles. The Morgan fingerprint density at radius 1 is 1.40 bits per heavy atom. The van der Waals surface area contributed by atoms with E-state index in [9.17, 15) is 4.79 Å². The van der Waals surface area contributed by atoms with Crippen LogP contribution in [-0.4, -0.2) is 11.8 Å². The zero-order valence-electron chi connectivity index (χ0n) is 8.41. The molecule has 2 nitrogen and oxygen atoms in total. The summed E-state index contributed by atoms with van der Waals surface area (Å²) in [6, 6.07) is 2.11. The molecule has 2 rings (SSSR count). The number of carbonyl (C=O) groups is 1. The van der Waals surface area contributed by atoms with Crippen LogP contribution >= 0.6 is 22.9 Å². The molecule has 0 radical (unpaired) electrons. The first-order valence-corrected chi connectivity index (χ1v) is 6.47. The lowest BCUT2D eigenvalue weighted by molar-refractivity contribution is 0.0885. The highest BCUT2D eigenvalue weighted by atomic mass is 35.5. The van der Waals surface area contributed by atoms with Gasteiger partial charge in [0.1, 0.15) is 4.34 Å². The molecule has 1 aromatic heterocycles. The number of thiophene rings is 1. The van der Waals surface area contributed by atoms with Crippen LogP contribution in [0.1, 0.15) is 36.0 Å². The van der Waals surface area contributed by atoms with Crippen LogP contribution in [0.3, 0.4) is 0 Å². The Labute approximate surface area is 98.4 Å². The fourth-order valence-electron chi connectivity index (χ4n) is 2.07. The molecule has 4 heteroatoms. The Kier molecular flexibility index (Phi) is 3.44. The molecule has 0 spiro atoms. The molecule has 1 saturated carbocycles. The van der Waals surface area contributed by atoms with E-state index in [-0.39, 0.29) is 17.7 Å². The first kappa shape index (κ1) is 11.1. The van der Waals surface area contributed by atoms with Gasteiger partial charge in [0, 0.05) is 17.5 Å². The van der Waals surface area contributed by atoms with Crippen molar-refractivity contribution in [2.75, 3.05) is 0 Å². The number of nitrogens with two attached hydrogens (primary N) is 1. The average Bonchev–Trinajstić information content (AvgIpc) is 2.65. The molecule has 1 fully saturated rings. The molecule has 0 bridgehead atoms. The smallest absolute Gasteiger partial charge is 0.168 e. The summed E-state index contributed by atoms with van der Waals surface area (Å²) in [7, 11) is 0. The second-order valence-electron chi connectivity index (χ2n) is 4.08. The molecular formula is C11H14ClNOS. The predicted octanol–water partition coefficient (Wildman–Crippen LogP) is 3.10. The summed E-state index contributed by atoms with van der Waals surface area (Å²) in [6.45, 7) is 0. The fraction of sp³-hybridized carbons (Fsp3) is 0.545. The van der Waals surface area contributed by atoms with Gasteiger partial charge in [0.2, 0.25) is 0 Å². The average molecular weight is 244 g/mol. The van der Waals surface area contributed by atoms with Gasteiger partial charge >= 0.3 is 0 Å². The highest BCUT2D eigenvalue weighted by molar-refractivity contribution is 7.14. The van der Waals surface area contributed by atoms with E-state index in [1.54, 1.807) is 0 Å². The predicted molar refractivity (Wildman–Crippen MR) is 63.6 cm³/mol. The Morgan fingerprint density at radius 2 is 2.07 bits per heavy atom. The number of halogens is 1. The van der Waals surface area contributed by atoms with Crippen molar-refractivity contribution in [2.24, 2.45) is 11.7 Å². The van der Waals surface area contributed by atoms with E-state index in [2.05, 4.69) is 0 Å². The van der Waals surface area contributed by atoms with Gasteiger partial charge in [0.15, 0.2) is 5.78 Å². The molecule has 1 heterocycles. The topological polar surface area (TPSA) is 43.1 Å². The van der Waals surface area contributed by atoms with Crippen LogP contribution in [-0.2, 0) is 0 Å². The molecule has 1 aliphatic carbocycles. The minimum absolute atomic E-state index is 0.136. The molecule has 82 valence electrons. The second-order valence-corrected chi connectivity index (χ2v) is 5.60. The molecule has 0 amide bonds. The molecule has 1 aromatic rings. The first-order chi connectivity index (χ1) is 7.18. The minimum atomic E-state index is 0.136. The van der Waals surface area contributed by atoms with Crippen molar-refractivity contribution >= 4 is 28.7 Å². The van der Waals surface area contributed by atoms with Crippen LogP contribution < -0.4 is 5.73 Å². The third-order valence-corrected chi connectivity index (χ3v) is 4.20. The van der Waals surface area contributed by atoms with Crippen molar-refractivity contribution in [3.8, 4) is 0 Å². The van der Waals surface area contributed by atoms with Crippen molar-refractivity contribution in [2.45, 2.75) is 31.7 Å². The molecular weight excluding hydrogens is 230 g/mol. The number of carbonyl (C=O) groups excluding carboxylic acids is 1. The zero-order chi connectivity index (χ0) is 10.8. The maximum atomic E-state index is 12.1. The summed E-state index contributed by atoms with van der Waals surface area (Å²) in [6.07, 6.45) is 3.73. The molecule has 15 heavy (non-hydrogen) atoms. The van der Waals surface area contributed by atoms with Crippen LogP contribution in [0.4, 0.5) is 0 Å². The van der Waals surface area contributed by atoms with Gasteiger partial charge in [0.25, 0.3) is 0 Å². The van der Waals surface area contributed by atoms with Crippen LogP contribution in [0.15, 0.2) is 11.4 Å². The van der Waals surface area contributed by atoms with Gasteiger partial charge in [0.05, 0.1) is 0 Å². The van der Waals surface area contributed by atoms with E-state index in [0.717, 1.165) is 25.7 Å². The van der Waals surface area contributed by atoms with E-state index in [4.69, 9.17) is 17.3 Å². The number of ketones is 1. The summed E-state index contributed by atoms with van der Waals surface area (Å²) < 4.78 is 0.620. The number of Topliss-reactive ketones (excluding diaryl/α,β-unsaturated/α-hetero) is 1. The highest BCUT2D eigenvalue weighted by Crippen LogP contribution is 2.31. The quantitative estimate of drug-likeness (QED) is 0.812. The summed E-state index contributed by atoms with van der Waals surface area (Å²) in [5.74, 6) is 0.338. The third kappa shape index (κ3) is 2.41. The van der Waals surface area contributed by atoms with Crippen molar-refractivity contribution in [1.29, 1.82) is 0 Å². The van der Waals surface area contributed by atoms with Gasteiger partial charge in [-0.05, 0) is 37.1 Å². The van der Waals surface area contributed by atoms with Crippen molar-refractivity contribution in [3.63, 3.8) is 0 Å². The normalized spacial score (nSPS) is 26.5. The van der Waals surface area contributed by atoms with E-state index < -0.39 is 0 Å². The van der Waals surface area contributed by atoms with Gasteiger partial charge in [-0.15, -0.1) is 11.3 Å². The van der Waals surface area contributed by atoms with Crippen molar-refractivity contribution in [3.05, 3.63) is 21.3 Å². The van der Waals surface area contributed by atoms with Crippen LogP contribution in [0, 0.1) is 5.92 Å². The lowest BCUT2D eigenvalue weighted by Gasteiger charge is -2.24. The van der Waals surface area contributed by atoms with Crippen molar-refractivity contribution in [1.82, 2.24) is 0 Å². The largest absolute Gasteiger partial charge is 0.328 e. The van der Waals surface area contributed by atoms with E-state index >= 15 is 0 Å². The molecule has 0 atom stereocenters. The first-order valence-electron chi connectivity index (χ1n) is 5.21. The zero-order valence-corrected chi connectivity index (χ0v) is 9.98. The minimum Gasteiger partial charge on any atom is -0.328 e. The van der Waals surface area contributed by atoms with E-state index in [0.29, 0.717) is 9.90 Å². The summed E-state index contributed by atoms with van der Waals surface area (Å²) in [5, 5.41) is 1.87. The number of hydrogen-bond acceptors (Lipinski definition) is 3. The lowest BCUT2D eigenvalue weighted by atomic mass is 9.82. The highest BCUT2D eigenvalue weighted by Gasteiger charge is 2.26. The third-order valence-electron chi connectivity index (χ3n) is 3.03. The molecule has 2 N–H and O–H groups in total. The second kappa shape index (κ2) is 4.64. The maximum Gasteiger partial charge on any atom is 0.168 e. The van der Waals surface area contributed by atoms with Gasteiger partial charge < -0.3 is 5.73 Å². The Bertz CT molecular complexity index is 355. The molecule has 0 aliphatic heterocycles. The molecule has 0 unspecified atom stereocenters. The lowest BCUT2D eigenvalue weighted by Crippen LogP contribution is -2.29. The van der Waals surface area contributed by atoms with Gasteiger partial charge in [-0.3, -0.25) is 4.79 Å². The Hall–Kier alpha value is -0.380. The van der Waals surface area contributed by atoms with Crippen LogP contribution in [0.5, 0.6) is 0 Å². The monoisotopic (exact) mass is 243 g/mol. The van der Waals surface area contributed by atoms with Gasteiger partial charge in [-0.1, -0.05) is 11.6 Å². The van der Waals surface area contributed by atoms with Crippen LogP contribution in [0.2, 0.25) is 4.34 Å². The summed E-state index contributed by atoms with van der Waals surface area (Å²) in [5.41, 5.74) is 6.51. The molecule has 1 aliphatic rings. The van der Waals surface area contributed by atoms with Gasteiger partial charge in [-0.2, -0.15) is 0 Å². The van der Waals surface area contributed by atoms with E-state index in [1.165, 1.54) is 11.3 Å². The molecule has 0 saturated heterocycles. The standard InChI is InChI=1S/C11H14ClNOS/c12-11-9(5-6-15-11)10(14)7-1-3-8(13)4-2-7/h5-8H,1-4,13H2. The Morgan fingerprint density at radius 3 is 2.60 bits per heavy atom. The van der Waals surface area contributed by atoms with Gasteiger partial charge in [-0.25, -0.2) is 0 Å². The maximum absolute atomic E-state index is 12.1. The summed E-state index contributed by atoms with van der Waals surface area (Å²) in [4.78, 5) is 12.1. The SMILES string of the molecule is NC1CCC(C(=O)c2ccsc2Cl)CC1.